The van der Waals surface area contributed by atoms with Gasteiger partial charge in [0, 0.05) is 13.5 Å². The van der Waals surface area contributed by atoms with Crippen molar-refractivity contribution in [1.82, 2.24) is 4.90 Å². The molecule has 1 N–H and O–H groups in total. The summed E-state index contributed by atoms with van der Waals surface area (Å²) in [7, 11) is 1.46. The van der Waals surface area contributed by atoms with Crippen molar-refractivity contribution in [3.8, 4) is 0 Å². The second-order valence-corrected chi connectivity index (χ2v) is 3.56. The summed E-state index contributed by atoms with van der Waals surface area (Å²) in [5.41, 5.74) is 0.450. The maximum Gasteiger partial charge on any atom is 0.323 e. The molecule has 1 heterocycles. The van der Waals surface area contributed by atoms with Crippen LogP contribution in [-0.4, -0.2) is 35.5 Å². The lowest BCUT2D eigenvalue weighted by molar-refractivity contribution is -0.137. The quantitative estimate of drug-likeness (QED) is 0.822. The molecule has 1 rings (SSSR count). The van der Waals surface area contributed by atoms with Crippen LogP contribution in [0.2, 0.25) is 0 Å². The van der Waals surface area contributed by atoms with Gasteiger partial charge in [-0.05, 0) is 12.5 Å². The maximum absolute atomic E-state index is 11.8. The van der Waals surface area contributed by atoms with Crippen molar-refractivity contribution < 1.29 is 19.1 Å². The van der Waals surface area contributed by atoms with Gasteiger partial charge in [-0.1, -0.05) is 6.92 Å². The molecule has 1 amide bonds. The summed E-state index contributed by atoms with van der Waals surface area (Å²) in [4.78, 5) is 23.5. The molecule has 0 aliphatic carbocycles. The molecule has 0 aliphatic rings. The second kappa shape index (κ2) is 5.34. The summed E-state index contributed by atoms with van der Waals surface area (Å²) in [6.45, 7) is 1.67. The Morgan fingerprint density at radius 3 is 2.75 bits per heavy atom. The lowest BCUT2D eigenvalue weighted by Gasteiger charge is -2.13. The third kappa shape index (κ3) is 2.85. The number of aryl methyl sites for hydroxylation is 1. The first kappa shape index (κ1) is 12.3. The molecule has 0 bridgehead atoms. The Bertz CT molecular complexity index is 383. The first-order valence-corrected chi connectivity index (χ1v) is 5.09. The number of hydrogen-bond acceptors (Lipinski definition) is 3. The van der Waals surface area contributed by atoms with Crippen molar-refractivity contribution in [2.45, 2.75) is 19.8 Å². The Labute approximate surface area is 93.7 Å². The maximum atomic E-state index is 11.8. The third-order valence-corrected chi connectivity index (χ3v) is 2.17. The molecule has 1 aromatic rings. The zero-order valence-electron chi connectivity index (χ0n) is 9.40. The van der Waals surface area contributed by atoms with Crippen LogP contribution >= 0.6 is 0 Å². The van der Waals surface area contributed by atoms with Crippen LogP contribution in [0, 0.1) is 0 Å². The van der Waals surface area contributed by atoms with Crippen LogP contribution < -0.4 is 0 Å². The van der Waals surface area contributed by atoms with E-state index in [1.54, 1.807) is 6.07 Å². The molecule has 0 atom stereocenters. The monoisotopic (exact) mass is 225 g/mol. The number of aliphatic carboxylic acids is 1. The standard InChI is InChI=1S/C11H15NO4/c1-3-4-9-8(5-6-16-9)11(15)12(2)7-10(13)14/h5-6H,3-4,7H2,1-2H3,(H,13,14). The van der Waals surface area contributed by atoms with E-state index in [4.69, 9.17) is 9.52 Å². The number of carboxylic acid groups (broad SMARTS) is 1. The minimum atomic E-state index is -1.03. The Hall–Kier alpha value is -1.78. The summed E-state index contributed by atoms with van der Waals surface area (Å²) >= 11 is 0. The highest BCUT2D eigenvalue weighted by molar-refractivity contribution is 5.96. The van der Waals surface area contributed by atoms with Gasteiger partial charge in [0.25, 0.3) is 5.91 Å². The minimum absolute atomic E-state index is 0.310. The number of carbonyl (C=O) groups is 2. The number of amides is 1. The molecular formula is C11H15NO4. The van der Waals surface area contributed by atoms with E-state index in [-0.39, 0.29) is 12.5 Å². The second-order valence-electron chi connectivity index (χ2n) is 3.56. The number of carbonyl (C=O) groups excluding carboxylic acids is 1. The first-order chi connectivity index (χ1) is 7.56. The summed E-state index contributed by atoms with van der Waals surface area (Å²) in [6.07, 6.45) is 3.00. The fourth-order valence-corrected chi connectivity index (χ4v) is 1.43. The Balaban J connectivity index is 2.79. The number of rotatable bonds is 5. The molecule has 1 aromatic heterocycles. The smallest absolute Gasteiger partial charge is 0.323 e. The molecule has 0 aromatic carbocycles. The molecular weight excluding hydrogens is 210 g/mol. The van der Waals surface area contributed by atoms with E-state index in [0.717, 1.165) is 11.3 Å². The van der Waals surface area contributed by atoms with Crippen molar-refractivity contribution in [1.29, 1.82) is 0 Å². The average Bonchev–Trinajstić information content (AvgIpc) is 2.64. The number of likely N-dealkylation sites (N-methyl/N-ethyl adjacent to an activating group) is 1. The molecule has 0 fully saturated rings. The zero-order valence-corrected chi connectivity index (χ0v) is 9.40. The fraction of sp³-hybridized carbons (Fsp3) is 0.455. The first-order valence-electron chi connectivity index (χ1n) is 5.09. The lowest BCUT2D eigenvalue weighted by atomic mass is 10.1. The zero-order chi connectivity index (χ0) is 12.1. The summed E-state index contributed by atoms with van der Waals surface area (Å²) in [6, 6.07) is 1.58. The highest BCUT2D eigenvalue weighted by Crippen LogP contribution is 2.14. The van der Waals surface area contributed by atoms with Crippen molar-refractivity contribution in [3.63, 3.8) is 0 Å². The molecule has 0 radical (unpaired) electrons. The van der Waals surface area contributed by atoms with E-state index < -0.39 is 5.97 Å². The molecule has 0 aliphatic heterocycles. The predicted octanol–water partition coefficient (Wildman–Crippen LogP) is 1.39. The summed E-state index contributed by atoms with van der Waals surface area (Å²) in [5, 5.41) is 8.59. The van der Waals surface area contributed by atoms with E-state index in [9.17, 15) is 9.59 Å². The van der Waals surface area contributed by atoms with Gasteiger partial charge >= 0.3 is 5.97 Å². The average molecular weight is 225 g/mol. The number of hydrogen-bond donors (Lipinski definition) is 1. The number of nitrogens with zero attached hydrogens (tertiary/aromatic N) is 1. The molecule has 0 unspecified atom stereocenters. The van der Waals surface area contributed by atoms with Crippen LogP contribution in [0.25, 0.3) is 0 Å². The van der Waals surface area contributed by atoms with Gasteiger partial charge in [-0.2, -0.15) is 0 Å². The third-order valence-electron chi connectivity index (χ3n) is 2.17. The number of carboxylic acids is 1. The van der Waals surface area contributed by atoms with Gasteiger partial charge < -0.3 is 14.4 Å². The van der Waals surface area contributed by atoms with Crippen LogP contribution in [0.1, 0.15) is 29.5 Å². The summed E-state index contributed by atoms with van der Waals surface area (Å²) in [5.74, 6) is -0.735. The van der Waals surface area contributed by atoms with E-state index in [1.807, 2.05) is 6.92 Å². The normalized spacial score (nSPS) is 10.1. The molecule has 0 spiro atoms. The van der Waals surface area contributed by atoms with Gasteiger partial charge in [0.15, 0.2) is 0 Å². The van der Waals surface area contributed by atoms with E-state index in [2.05, 4.69) is 0 Å². The van der Waals surface area contributed by atoms with Crippen molar-refractivity contribution in [3.05, 3.63) is 23.7 Å². The van der Waals surface area contributed by atoms with Crippen LogP contribution in [0.3, 0.4) is 0 Å². The van der Waals surface area contributed by atoms with Gasteiger partial charge in [-0.15, -0.1) is 0 Å². The van der Waals surface area contributed by atoms with Gasteiger partial charge in [0.2, 0.25) is 0 Å². The molecule has 5 heteroatoms. The SMILES string of the molecule is CCCc1occc1C(=O)N(C)CC(=O)O. The molecule has 0 saturated carbocycles. The molecule has 0 saturated heterocycles. The van der Waals surface area contributed by atoms with Gasteiger partial charge in [0.05, 0.1) is 11.8 Å². The largest absolute Gasteiger partial charge is 0.480 e. The molecule has 16 heavy (non-hydrogen) atoms. The summed E-state index contributed by atoms with van der Waals surface area (Å²) < 4.78 is 5.19. The Morgan fingerprint density at radius 2 is 2.19 bits per heavy atom. The van der Waals surface area contributed by atoms with Crippen molar-refractivity contribution in [2.75, 3.05) is 13.6 Å². The van der Waals surface area contributed by atoms with Gasteiger partial charge in [0.1, 0.15) is 12.3 Å². The van der Waals surface area contributed by atoms with Crippen LogP contribution in [0.15, 0.2) is 16.7 Å². The van der Waals surface area contributed by atoms with Crippen molar-refractivity contribution in [2.24, 2.45) is 0 Å². The number of furan rings is 1. The van der Waals surface area contributed by atoms with Crippen LogP contribution in [0.4, 0.5) is 0 Å². The Kier molecular flexibility index (Phi) is 4.10. The van der Waals surface area contributed by atoms with E-state index in [0.29, 0.717) is 17.7 Å². The molecule has 88 valence electrons. The predicted molar refractivity (Wildman–Crippen MR) is 57.3 cm³/mol. The fourth-order valence-electron chi connectivity index (χ4n) is 1.43. The van der Waals surface area contributed by atoms with Crippen LogP contribution in [-0.2, 0) is 11.2 Å². The van der Waals surface area contributed by atoms with E-state index >= 15 is 0 Å². The van der Waals surface area contributed by atoms with Crippen molar-refractivity contribution >= 4 is 11.9 Å². The Morgan fingerprint density at radius 1 is 1.50 bits per heavy atom. The van der Waals surface area contributed by atoms with Gasteiger partial charge in [-0.25, -0.2) is 0 Å². The topological polar surface area (TPSA) is 70.8 Å². The van der Waals surface area contributed by atoms with Crippen LogP contribution in [0.5, 0.6) is 0 Å². The highest BCUT2D eigenvalue weighted by Gasteiger charge is 2.19. The highest BCUT2D eigenvalue weighted by atomic mass is 16.4. The molecule has 5 nitrogen and oxygen atoms in total. The lowest BCUT2D eigenvalue weighted by Crippen LogP contribution is -2.32. The van der Waals surface area contributed by atoms with E-state index in [1.165, 1.54) is 13.3 Å². The minimum Gasteiger partial charge on any atom is -0.480 e. The van der Waals surface area contributed by atoms with Gasteiger partial charge in [-0.3, -0.25) is 9.59 Å².